The molecule has 3 rings (SSSR count). The molecular weight excluding hydrogens is 450 g/mol. The highest BCUT2D eigenvalue weighted by molar-refractivity contribution is 6.30. The van der Waals surface area contributed by atoms with E-state index in [-0.39, 0.29) is 0 Å². The van der Waals surface area contributed by atoms with Crippen LogP contribution in [0.25, 0.3) is 6.08 Å². The van der Waals surface area contributed by atoms with Crippen LogP contribution in [0.15, 0.2) is 53.6 Å². The predicted octanol–water partition coefficient (Wildman–Crippen LogP) is 2.45. The van der Waals surface area contributed by atoms with E-state index in [2.05, 4.69) is 36.9 Å². The number of amides is 3. The molecule has 172 valence electrons. The van der Waals surface area contributed by atoms with Crippen LogP contribution < -0.4 is 32.0 Å². The number of hydrogen-bond donors (Lipinski definition) is 5. The minimum Gasteiger partial charge on any atom is -0.453 e. The number of carbonyl (C=O) groups is 3. The van der Waals surface area contributed by atoms with Crippen molar-refractivity contribution in [3.05, 3.63) is 59.1 Å². The molecular formula is C21H22ClN7O4. The summed E-state index contributed by atoms with van der Waals surface area (Å²) in [4.78, 5) is 36.0. The Labute approximate surface area is 194 Å². The number of carbonyl (C=O) groups excluding carboxylic acids is 3. The standard InChI is InChI=1S/C21H22ClN7O4/c1-13(20(31)25-16-5-7-17(8-6-16)26-21(32)33-2)24-19(30)10-3-14-11-15(22)4-9-18(14)29-12-23-27-28-29/h3-13,27-28H,1-2H3,(H,24,30)(H,25,31)(H,26,32)/b10-3+/t13-/m0/s1. The van der Waals surface area contributed by atoms with E-state index < -0.39 is 23.9 Å². The summed E-state index contributed by atoms with van der Waals surface area (Å²) in [5.41, 5.74) is 7.80. The maximum Gasteiger partial charge on any atom is 0.411 e. The third-order valence-corrected chi connectivity index (χ3v) is 4.64. The molecule has 2 aromatic rings. The number of hydrazone groups is 1. The number of anilines is 3. The lowest BCUT2D eigenvalue weighted by atomic mass is 10.1. The van der Waals surface area contributed by atoms with E-state index in [0.29, 0.717) is 27.6 Å². The first-order chi connectivity index (χ1) is 15.9. The van der Waals surface area contributed by atoms with Crippen LogP contribution in [-0.2, 0) is 14.3 Å². The Kier molecular flexibility index (Phi) is 7.84. The Morgan fingerprint density at radius 1 is 1.12 bits per heavy atom. The minimum absolute atomic E-state index is 0.405. The Morgan fingerprint density at radius 2 is 1.82 bits per heavy atom. The zero-order valence-electron chi connectivity index (χ0n) is 17.8. The van der Waals surface area contributed by atoms with Crippen LogP contribution in [0.3, 0.4) is 0 Å². The molecule has 1 aliphatic rings. The normalized spacial score (nSPS) is 13.4. The van der Waals surface area contributed by atoms with Gasteiger partial charge in [0.25, 0.3) is 0 Å². The van der Waals surface area contributed by atoms with Crippen molar-refractivity contribution < 1.29 is 19.1 Å². The van der Waals surface area contributed by atoms with Crippen LogP contribution in [0.1, 0.15) is 12.5 Å². The number of hydrogen-bond acceptors (Lipinski definition) is 8. The van der Waals surface area contributed by atoms with Gasteiger partial charge in [0, 0.05) is 28.0 Å². The van der Waals surface area contributed by atoms with E-state index in [1.807, 2.05) is 0 Å². The number of nitrogens with one attached hydrogen (secondary N) is 5. The van der Waals surface area contributed by atoms with Crippen molar-refractivity contribution in [1.82, 2.24) is 16.4 Å². The van der Waals surface area contributed by atoms with Gasteiger partial charge in [-0.2, -0.15) is 5.10 Å². The first-order valence-corrected chi connectivity index (χ1v) is 10.1. The van der Waals surface area contributed by atoms with Gasteiger partial charge in [-0.3, -0.25) is 14.9 Å². The van der Waals surface area contributed by atoms with Gasteiger partial charge in [0.05, 0.1) is 12.8 Å². The second kappa shape index (κ2) is 11.0. The molecule has 0 aliphatic carbocycles. The maximum atomic E-state index is 12.4. The molecule has 5 N–H and O–H groups in total. The molecule has 11 nitrogen and oxygen atoms in total. The highest BCUT2D eigenvalue weighted by Crippen LogP contribution is 2.24. The van der Waals surface area contributed by atoms with Crippen LogP contribution in [0.4, 0.5) is 21.9 Å². The van der Waals surface area contributed by atoms with Gasteiger partial charge in [-0.1, -0.05) is 11.6 Å². The van der Waals surface area contributed by atoms with Crippen LogP contribution in [-0.4, -0.2) is 37.4 Å². The molecule has 0 spiro atoms. The lowest BCUT2D eigenvalue weighted by Crippen LogP contribution is -2.40. The summed E-state index contributed by atoms with van der Waals surface area (Å²) in [7, 11) is 1.26. The molecule has 0 fully saturated rings. The van der Waals surface area contributed by atoms with E-state index in [4.69, 9.17) is 11.6 Å². The van der Waals surface area contributed by atoms with Gasteiger partial charge in [0.15, 0.2) is 0 Å². The average Bonchev–Trinajstić information content (AvgIpc) is 3.33. The molecule has 33 heavy (non-hydrogen) atoms. The van der Waals surface area contributed by atoms with E-state index in [9.17, 15) is 14.4 Å². The second-order valence-corrected chi connectivity index (χ2v) is 7.22. The lowest BCUT2D eigenvalue weighted by molar-refractivity contribution is -0.123. The molecule has 0 saturated heterocycles. The first kappa shape index (κ1) is 23.6. The fourth-order valence-corrected chi connectivity index (χ4v) is 2.93. The van der Waals surface area contributed by atoms with Gasteiger partial charge in [0.1, 0.15) is 12.4 Å². The number of methoxy groups -OCH3 is 1. The van der Waals surface area contributed by atoms with Crippen molar-refractivity contribution in [3.63, 3.8) is 0 Å². The van der Waals surface area contributed by atoms with Gasteiger partial charge in [-0.05, 0) is 55.5 Å². The quantitative estimate of drug-likeness (QED) is 0.391. The Bertz CT molecular complexity index is 1090. The molecule has 3 amide bonds. The third kappa shape index (κ3) is 6.69. The minimum atomic E-state index is -0.801. The van der Waals surface area contributed by atoms with E-state index in [1.165, 1.54) is 19.5 Å². The van der Waals surface area contributed by atoms with Crippen molar-refractivity contribution in [2.24, 2.45) is 5.10 Å². The SMILES string of the molecule is COC(=O)Nc1ccc(NC(=O)[C@H](C)NC(=O)/C=C/c2cc(Cl)ccc2N2C=NNN2)cc1. The molecule has 0 saturated carbocycles. The summed E-state index contributed by atoms with van der Waals surface area (Å²) in [6, 6.07) is 10.8. The Balaban J connectivity index is 1.56. The topological polar surface area (TPSA) is 136 Å². The lowest BCUT2D eigenvalue weighted by Gasteiger charge is -2.16. The smallest absolute Gasteiger partial charge is 0.411 e. The summed E-state index contributed by atoms with van der Waals surface area (Å²) in [6.45, 7) is 1.56. The first-order valence-electron chi connectivity index (χ1n) is 9.73. The van der Waals surface area contributed by atoms with Gasteiger partial charge < -0.3 is 15.4 Å². The zero-order chi connectivity index (χ0) is 23.8. The Hall–Kier alpha value is -4.09. The van der Waals surface area contributed by atoms with Gasteiger partial charge >= 0.3 is 6.09 Å². The van der Waals surface area contributed by atoms with Crippen LogP contribution >= 0.6 is 11.6 Å². The fourth-order valence-electron chi connectivity index (χ4n) is 2.75. The second-order valence-electron chi connectivity index (χ2n) is 6.79. The van der Waals surface area contributed by atoms with Crippen molar-refractivity contribution in [1.29, 1.82) is 0 Å². The average molecular weight is 472 g/mol. The largest absolute Gasteiger partial charge is 0.453 e. The number of nitrogens with zero attached hydrogens (tertiary/aromatic N) is 2. The summed E-state index contributed by atoms with van der Waals surface area (Å²) >= 11 is 6.08. The maximum absolute atomic E-state index is 12.4. The van der Waals surface area contributed by atoms with Crippen molar-refractivity contribution in [2.45, 2.75) is 13.0 Å². The van der Waals surface area contributed by atoms with Gasteiger partial charge in [0.2, 0.25) is 11.8 Å². The van der Waals surface area contributed by atoms with Gasteiger partial charge in [-0.25, -0.2) is 15.3 Å². The van der Waals surface area contributed by atoms with Crippen molar-refractivity contribution in [2.75, 3.05) is 22.8 Å². The summed E-state index contributed by atoms with van der Waals surface area (Å²) < 4.78 is 4.52. The van der Waals surface area contributed by atoms with Crippen LogP contribution in [0.5, 0.6) is 0 Å². The molecule has 1 atom stereocenters. The monoisotopic (exact) mass is 471 g/mol. The molecule has 1 aliphatic heterocycles. The third-order valence-electron chi connectivity index (χ3n) is 4.41. The van der Waals surface area contributed by atoms with E-state index in [0.717, 1.165) is 0 Å². The number of ether oxygens (including phenoxy) is 1. The number of hydrazine groups is 2. The van der Waals surface area contributed by atoms with E-state index in [1.54, 1.807) is 60.5 Å². The molecule has 0 bridgehead atoms. The molecule has 2 aromatic carbocycles. The Morgan fingerprint density at radius 3 is 2.45 bits per heavy atom. The zero-order valence-corrected chi connectivity index (χ0v) is 18.5. The summed E-state index contributed by atoms with van der Waals surface area (Å²) in [6.07, 6.45) is 3.84. The molecule has 1 heterocycles. The van der Waals surface area contributed by atoms with Crippen molar-refractivity contribution >= 4 is 59.0 Å². The van der Waals surface area contributed by atoms with E-state index >= 15 is 0 Å². The van der Waals surface area contributed by atoms with Gasteiger partial charge in [-0.15, -0.1) is 5.53 Å². The number of benzene rings is 2. The molecule has 0 unspecified atom stereocenters. The predicted molar refractivity (Wildman–Crippen MR) is 126 cm³/mol. The number of halogens is 1. The summed E-state index contributed by atoms with van der Waals surface area (Å²) in [5, 5.41) is 13.8. The van der Waals surface area contributed by atoms with Crippen LogP contribution in [0.2, 0.25) is 5.02 Å². The summed E-state index contributed by atoms with van der Waals surface area (Å²) in [5.74, 6) is -0.861. The fraction of sp³-hybridized carbons (Fsp3) is 0.143. The highest BCUT2D eigenvalue weighted by Gasteiger charge is 2.16. The molecule has 0 aromatic heterocycles. The molecule has 0 radical (unpaired) electrons. The molecule has 12 heteroatoms. The number of rotatable bonds is 7. The van der Waals surface area contributed by atoms with Crippen molar-refractivity contribution in [3.8, 4) is 0 Å². The van der Waals surface area contributed by atoms with Crippen LogP contribution in [0, 0.1) is 0 Å². The highest BCUT2D eigenvalue weighted by atomic mass is 35.5.